The molecule has 0 atom stereocenters. The maximum absolute atomic E-state index is 12.8. The van der Waals surface area contributed by atoms with E-state index < -0.39 is 0 Å². The first-order valence-corrected chi connectivity index (χ1v) is 10.4. The van der Waals surface area contributed by atoms with E-state index in [1.807, 2.05) is 18.3 Å². The number of aromatic nitrogens is 2. The van der Waals surface area contributed by atoms with E-state index in [1.54, 1.807) is 42.7 Å². The number of hydrogen-bond acceptors (Lipinski definition) is 5. The molecule has 1 fully saturated rings. The fourth-order valence-corrected chi connectivity index (χ4v) is 3.84. The molecule has 3 heterocycles. The lowest BCUT2D eigenvalue weighted by molar-refractivity contribution is 0.102. The van der Waals surface area contributed by atoms with Crippen molar-refractivity contribution in [3.05, 3.63) is 83.3 Å². The van der Waals surface area contributed by atoms with Crippen LogP contribution in [0.5, 0.6) is 0 Å². The van der Waals surface area contributed by atoms with Crippen LogP contribution in [0.2, 0.25) is 5.02 Å². The molecule has 0 bridgehead atoms. The molecule has 30 heavy (non-hydrogen) atoms. The van der Waals surface area contributed by atoms with Crippen molar-refractivity contribution in [1.29, 1.82) is 0 Å². The number of nitrogens with one attached hydrogen (secondary N) is 2. The second-order valence-corrected chi connectivity index (χ2v) is 7.86. The monoisotopic (exact) mass is 421 g/mol. The number of carbonyl (C=O) groups is 1. The number of hydrogen-bond donors (Lipinski definition) is 2. The summed E-state index contributed by atoms with van der Waals surface area (Å²) in [6.45, 7) is 2.89. The molecule has 0 saturated carbocycles. The van der Waals surface area contributed by atoms with Crippen molar-refractivity contribution in [2.24, 2.45) is 0 Å². The zero-order valence-corrected chi connectivity index (χ0v) is 17.3. The summed E-state index contributed by atoms with van der Waals surface area (Å²) in [7, 11) is 0. The summed E-state index contributed by atoms with van der Waals surface area (Å²) in [5.41, 5.74) is 2.41. The Balaban J connectivity index is 1.36. The van der Waals surface area contributed by atoms with Crippen LogP contribution in [0.15, 0.2) is 67.1 Å². The summed E-state index contributed by atoms with van der Waals surface area (Å²) in [6.07, 6.45) is 7.41. The Hall–Kier alpha value is -2.96. The standard InChI is InChI=1S/C23H24ClN5O/c24-18-5-1-6-20(14-18)28-23(30)21-7-3-11-26-22(21)27-19-8-12-29(13-9-19)16-17-4-2-10-25-15-17/h1-7,10-11,14-15,19H,8-9,12-13,16H2,(H,26,27)(H,28,30). The van der Waals surface area contributed by atoms with E-state index in [0.29, 0.717) is 22.1 Å². The van der Waals surface area contributed by atoms with Crippen molar-refractivity contribution in [2.75, 3.05) is 23.7 Å². The summed E-state index contributed by atoms with van der Waals surface area (Å²) in [5, 5.41) is 6.95. The average Bonchev–Trinajstić information content (AvgIpc) is 2.76. The highest BCUT2D eigenvalue weighted by Gasteiger charge is 2.21. The first kappa shape index (κ1) is 20.3. The van der Waals surface area contributed by atoms with Gasteiger partial charge in [-0.2, -0.15) is 0 Å². The van der Waals surface area contributed by atoms with Gasteiger partial charge in [0, 0.05) is 55.0 Å². The SMILES string of the molecule is O=C(Nc1cccc(Cl)c1)c1cccnc1NC1CCN(Cc2cccnc2)CC1. The molecule has 1 saturated heterocycles. The molecule has 2 aromatic heterocycles. The molecule has 0 spiro atoms. The fraction of sp³-hybridized carbons (Fsp3) is 0.261. The van der Waals surface area contributed by atoms with Crippen molar-refractivity contribution in [3.8, 4) is 0 Å². The summed E-state index contributed by atoms with van der Waals surface area (Å²) >= 11 is 6.01. The van der Waals surface area contributed by atoms with Crippen LogP contribution in [0, 0.1) is 0 Å². The molecule has 1 aromatic carbocycles. The van der Waals surface area contributed by atoms with Gasteiger partial charge in [-0.1, -0.05) is 23.7 Å². The number of rotatable bonds is 6. The Morgan fingerprint density at radius 3 is 2.70 bits per heavy atom. The zero-order valence-electron chi connectivity index (χ0n) is 16.6. The number of anilines is 2. The lowest BCUT2D eigenvalue weighted by atomic mass is 10.0. The van der Waals surface area contributed by atoms with E-state index in [9.17, 15) is 4.79 Å². The number of carbonyl (C=O) groups excluding carboxylic acids is 1. The van der Waals surface area contributed by atoms with Crippen molar-refractivity contribution >= 4 is 29.0 Å². The van der Waals surface area contributed by atoms with Gasteiger partial charge in [-0.05, 0) is 54.8 Å². The maximum Gasteiger partial charge on any atom is 0.259 e. The summed E-state index contributed by atoms with van der Waals surface area (Å²) < 4.78 is 0. The second kappa shape index (κ2) is 9.69. The number of halogens is 1. The van der Waals surface area contributed by atoms with Gasteiger partial charge in [-0.15, -0.1) is 0 Å². The van der Waals surface area contributed by atoms with Crippen LogP contribution < -0.4 is 10.6 Å². The van der Waals surface area contributed by atoms with Crippen LogP contribution in [-0.2, 0) is 6.54 Å². The van der Waals surface area contributed by atoms with E-state index >= 15 is 0 Å². The number of pyridine rings is 2. The van der Waals surface area contributed by atoms with Crippen LogP contribution in [0.4, 0.5) is 11.5 Å². The van der Waals surface area contributed by atoms with Crippen LogP contribution in [0.3, 0.4) is 0 Å². The van der Waals surface area contributed by atoms with Crippen molar-refractivity contribution in [3.63, 3.8) is 0 Å². The van der Waals surface area contributed by atoms with Gasteiger partial charge >= 0.3 is 0 Å². The molecule has 7 heteroatoms. The smallest absolute Gasteiger partial charge is 0.259 e. The first-order chi connectivity index (χ1) is 14.7. The Labute approximate surface area is 181 Å². The Kier molecular flexibility index (Phi) is 6.57. The minimum Gasteiger partial charge on any atom is -0.367 e. The van der Waals surface area contributed by atoms with Gasteiger partial charge in [-0.3, -0.25) is 14.7 Å². The summed E-state index contributed by atoms with van der Waals surface area (Å²) in [5.74, 6) is 0.407. The zero-order chi connectivity index (χ0) is 20.8. The van der Waals surface area contributed by atoms with Gasteiger partial charge in [0.2, 0.25) is 0 Å². The fourth-order valence-electron chi connectivity index (χ4n) is 3.65. The highest BCUT2D eigenvalue weighted by atomic mass is 35.5. The molecule has 4 rings (SSSR count). The lowest BCUT2D eigenvalue weighted by Crippen LogP contribution is -2.39. The lowest BCUT2D eigenvalue weighted by Gasteiger charge is -2.32. The van der Waals surface area contributed by atoms with Gasteiger partial charge in [0.05, 0.1) is 5.56 Å². The van der Waals surface area contributed by atoms with E-state index in [4.69, 9.17) is 11.6 Å². The predicted molar refractivity (Wildman–Crippen MR) is 120 cm³/mol. The number of piperidine rings is 1. The molecule has 0 unspecified atom stereocenters. The third-order valence-corrected chi connectivity index (χ3v) is 5.43. The molecule has 0 aliphatic carbocycles. The number of nitrogens with zero attached hydrogens (tertiary/aromatic N) is 3. The molecule has 1 amide bonds. The van der Waals surface area contributed by atoms with E-state index in [0.717, 1.165) is 32.5 Å². The van der Waals surface area contributed by atoms with E-state index in [2.05, 4.69) is 31.6 Å². The largest absolute Gasteiger partial charge is 0.367 e. The van der Waals surface area contributed by atoms with Gasteiger partial charge in [-0.25, -0.2) is 4.98 Å². The van der Waals surface area contributed by atoms with Crippen LogP contribution in [0.1, 0.15) is 28.8 Å². The molecule has 3 aromatic rings. The minimum absolute atomic E-state index is 0.207. The van der Waals surface area contributed by atoms with Crippen LogP contribution in [-0.4, -0.2) is 39.9 Å². The van der Waals surface area contributed by atoms with E-state index in [1.165, 1.54) is 5.56 Å². The quantitative estimate of drug-likeness (QED) is 0.615. The topological polar surface area (TPSA) is 70.2 Å². The highest BCUT2D eigenvalue weighted by molar-refractivity contribution is 6.31. The van der Waals surface area contributed by atoms with Gasteiger partial charge in [0.1, 0.15) is 5.82 Å². The second-order valence-electron chi connectivity index (χ2n) is 7.42. The predicted octanol–water partition coefficient (Wildman–Crippen LogP) is 4.46. The van der Waals surface area contributed by atoms with Crippen molar-refractivity contribution < 1.29 is 4.79 Å². The van der Waals surface area contributed by atoms with Gasteiger partial charge in [0.25, 0.3) is 5.91 Å². The van der Waals surface area contributed by atoms with Gasteiger partial charge in [0.15, 0.2) is 0 Å². The number of likely N-dealkylation sites (tertiary alicyclic amines) is 1. The highest BCUT2D eigenvalue weighted by Crippen LogP contribution is 2.21. The van der Waals surface area contributed by atoms with Crippen molar-refractivity contribution in [1.82, 2.24) is 14.9 Å². The molecular formula is C23H24ClN5O. The molecule has 6 nitrogen and oxygen atoms in total. The van der Waals surface area contributed by atoms with Gasteiger partial charge < -0.3 is 10.6 Å². The molecule has 2 N–H and O–H groups in total. The number of amides is 1. The van der Waals surface area contributed by atoms with Crippen LogP contribution in [0.25, 0.3) is 0 Å². The third kappa shape index (κ3) is 5.34. The van der Waals surface area contributed by atoms with Crippen molar-refractivity contribution in [2.45, 2.75) is 25.4 Å². The van der Waals surface area contributed by atoms with Crippen LogP contribution >= 0.6 is 11.6 Å². The molecule has 0 radical (unpaired) electrons. The molecule has 154 valence electrons. The summed E-state index contributed by atoms with van der Waals surface area (Å²) in [6, 6.07) is 15.0. The molecule has 1 aliphatic rings. The summed E-state index contributed by atoms with van der Waals surface area (Å²) in [4.78, 5) is 23.8. The van der Waals surface area contributed by atoms with E-state index in [-0.39, 0.29) is 11.9 Å². The Bertz CT molecular complexity index is 990. The Morgan fingerprint density at radius 1 is 1.10 bits per heavy atom. The first-order valence-electron chi connectivity index (χ1n) is 10.1. The average molecular weight is 422 g/mol. The third-order valence-electron chi connectivity index (χ3n) is 5.19. The maximum atomic E-state index is 12.8. The minimum atomic E-state index is -0.207. The molecule has 1 aliphatic heterocycles. The molecular weight excluding hydrogens is 398 g/mol. The number of benzene rings is 1. The Morgan fingerprint density at radius 2 is 1.93 bits per heavy atom. The normalized spacial score (nSPS) is 15.0.